The van der Waals surface area contributed by atoms with Crippen LogP contribution in [0.5, 0.6) is 0 Å². The Morgan fingerprint density at radius 3 is 2.63 bits per heavy atom. The predicted molar refractivity (Wildman–Crippen MR) is 67.3 cm³/mol. The predicted octanol–water partition coefficient (Wildman–Crippen LogP) is 3.43. The lowest BCUT2D eigenvalue weighted by Gasteiger charge is -2.13. The summed E-state index contributed by atoms with van der Waals surface area (Å²) in [6.45, 7) is 5.00. The van der Waals surface area contributed by atoms with Crippen LogP contribution in [0.25, 0.3) is 0 Å². The van der Waals surface area contributed by atoms with Crippen molar-refractivity contribution in [3.05, 3.63) is 28.6 Å². The topological polar surface area (TPSA) is 44.1 Å². The van der Waals surface area contributed by atoms with Gasteiger partial charge in [0.25, 0.3) is 6.08 Å². The largest absolute Gasteiger partial charge is 0.464 e. The molecule has 0 saturated heterocycles. The molecule has 0 aliphatic heterocycles. The van der Waals surface area contributed by atoms with E-state index in [1.807, 2.05) is 0 Å². The van der Waals surface area contributed by atoms with Crippen molar-refractivity contribution in [3.63, 3.8) is 0 Å². The fourth-order valence-electron chi connectivity index (χ4n) is 1.57. The third-order valence-electron chi connectivity index (χ3n) is 2.61. The molecule has 0 bridgehead atoms. The summed E-state index contributed by atoms with van der Waals surface area (Å²) in [5.74, 6) is -0.532. The number of esters is 1. The van der Waals surface area contributed by atoms with Crippen molar-refractivity contribution in [3.8, 4) is 0 Å². The highest BCUT2D eigenvalue weighted by atomic mass is 35.5. The summed E-state index contributed by atoms with van der Waals surface area (Å²) in [7, 11) is 0. The zero-order chi connectivity index (χ0) is 14.6. The lowest BCUT2D eigenvalue weighted by atomic mass is 10.3. The molecular weight excluding hydrogens is 278 g/mol. The smallest absolute Gasteiger partial charge is 0.330 e. The molecule has 0 aliphatic rings. The number of hydrogen-bond donors (Lipinski definition) is 0. The first-order valence-corrected chi connectivity index (χ1v) is 6.11. The molecule has 0 aromatic carbocycles. The Morgan fingerprint density at radius 2 is 2.16 bits per heavy atom. The third-order valence-corrected chi connectivity index (χ3v) is 3.15. The first-order valence-electron chi connectivity index (χ1n) is 5.73. The highest BCUT2D eigenvalue weighted by Crippen LogP contribution is 2.22. The summed E-state index contributed by atoms with van der Waals surface area (Å²) in [6, 6.07) is -0.648. The number of carbonyl (C=O) groups excluding carboxylic acids is 1. The summed E-state index contributed by atoms with van der Waals surface area (Å²) in [5.41, 5.74) is 1.29. The second-order valence-electron chi connectivity index (χ2n) is 4.06. The van der Waals surface area contributed by atoms with Crippen LogP contribution < -0.4 is 0 Å². The molecule has 0 aliphatic carbocycles. The average molecular weight is 293 g/mol. The number of aromatic nitrogens is 2. The Hall–Kier alpha value is -1.43. The Bertz CT molecular complexity index is 496. The van der Waals surface area contributed by atoms with E-state index in [1.165, 1.54) is 4.68 Å². The zero-order valence-corrected chi connectivity index (χ0v) is 11.7. The Labute approximate surface area is 115 Å². The molecule has 0 N–H and O–H groups in total. The van der Waals surface area contributed by atoms with E-state index >= 15 is 0 Å². The van der Waals surface area contributed by atoms with E-state index in [9.17, 15) is 13.6 Å². The molecule has 0 radical (unpaired) electrons. The Balaban J connectivity index is 2.62. The Morgan fingerprint density at radius 1 is 1.53 bits per heavy atom. The van der Waals surface area contributed by atoms with Crippen LogP contribution in [0.2, 0.25) is 5.02 Å². The monoisotopic (exact) mass is 292 g/mol. The average Bonchev–Trinajstić information content (AvgIpc) is 2.61. The van der Waals surface area contributed by atoms with Crippen LogP contribution >= 0.6 is 11.6 Å². The fourth-order valence-corrected chi connectivity index (χ4v) is 1.69. The van der Waals surface area contributed by atoms with E-state index in [4.69, 9.17) is 16.3 Å². The minimum Gasteiger partial charge on any atom is -0.464 e. The summed E-state index contributed by atoms with van der Waals surface area (Å²) < 4.78 is 29.9. The van der Waals surface area contributed by atoms with Gasteiger partial charge in [0.1, 0.15) is 6.04 Å². The summed E-state index contributed by atoms with van der Waals surface area (Å²) >= 11 is 5.98. The standard InChI is InChI=1S/C12H15ClF2N2O2/c1-7-11(13)8(2)17(16-7)9(3)12(18)19-6-4-5-10(14)15/h5,9H,4,6H2,1-3H3. The van der Waals surface area contributed by atoms with E-state index in [-0.39, 0.29) is 13.0 Å². The minimum absolute atomic E-state index is 0.0152. The van der Waals surface area contributed by atoms with Crippen LogP contribution in [0.4, 0.5) is 8.78 Å². The van der Waals surface area contributed by atoms with Gasteiger partial charge < -0.3 is 4.74 Å². The van der Waals surface area contributed by atoms with Gasteiger partial charge in [0.05, 0.1) is 23.0 Å². The molecule has 1 rings (SSSR count). The van der Waals surface area contributed by atoms with Crippen LogP contribution in [-0.4, -0.2) is 22.4 Å². The van der Waals surface area contributed by atoms with Crippen LogP contribution in [0.15, 0.2) is 12.2 Å². The van der Waals surface area contributed by atoms with Gasteiger partial charge in [-0.05, 0) is 26.8 Å². The highest BCUT2D eigenvalue weighted by Gasteiger charge is 2.21. The molecule has 1 heterocycles. The zero-order valence-electron chi connectivity index (χ0n) is 10.9. The van der Waals surface area contributed by atoms with Gasteiger partial charge in [-0.2, -0.15) is 13.9 Å². The van der Waals surface area contributed by atoms with Gasteiger partial charge in [-0.1, -0.05) is 11.6 Å². The molecule has 1 aromatic rings. The number of hydrogen-bond acceptors (Lipinski definition) is 3. The van der Waals surface area contributed by atoms with Gasteiger partial charge in [0.2, 0.25) is 0 Å². The lowest BCUT2D eigenvalue weighted by molar-refractivity contribution is -0.147. The molecule has 19 heavy (non-hydrogen) atoms. The second kappa shape index (κ2) is 6.65. The van der Waals surface area contributed by atoms with Gasteiger partial charge in [-0.15, -0.1) is 0 Å². The number of rotatable bonds is 5. The van der Waals surface area contributed by atoms with Gasteiger partial charge in [-0.25, -0.2) is 4.79 Å². The van der Waals surface area contributed by atoms with Crippen LogP contribution in [0.3, 0.4) is 0 Å². The van der Waals surface area contributed by atoms with Crippen LogP contribution in [0.1, 0.15) is 30.8 Å². The fraction of sp³-hybridized carbons (Fsp3) is 0.500. The second-order valence-corrected chi connectivity index (χ2v) is 4.43. The molecule has 1 unspecified atom stereocenters. The maximum absolute atomic E-state index is 11.8. The van der Waals surface area contributed by atoms with E-state index in [1.54, 1.807) is 20.8 Å². The van der Waals surface area contributed by atoms with Crippen molar-refractivity contribution in [1.82, 2.24) is 9.78 Å². The molecule has 0 saturated carbocycles. The number of nitrogens with zero attached hydrogens (tertiary/aromatic N) is 2. The molecule has 106 valence electrons. The summed E-state index contributed by atoms with van der Waals surface area (Å²) in [4.78, 5) is 11.7. The van der Waals surface area contributed by atoms with E-state index < -0.39 is 18.1 Å². The SMILES string of the molecule is Cc1nn(C(C)C(=O)OCCC=C(F)F)c(C)c1Cl. The highest BCUT2D eigenvalue weighted by molar-refractivity contribution is 6.31. The first-order chi connectivity index (χ1) is 8.84. The number of ether oxygens (including phenoxy) is 1. The van der Waals surface area contributed by atoms with Crippen molar-refractivity contribution in [2.75, 3.05) is 6.61 Å². The molecular formula is C12H15ClF2N2O2. The van der Waals surface area contributed by atoms with Gasteiger partial charge in [0, 0.05) is 6.42 Å². The van der Waals surface area contributed by atoms with Crippen molar-refractivity contribution in [2.24, 2.45) is 0 Å². The molecule has 1 atom stereocenters. The maximum atomic E-state index is 11.8. The number of aryl methyl sites for hydroxylation is 1. The Kier molecular flexibility index (Phi) is 5.47. The number of halogens is 3. The van der Waals surface area contributed by atoms with Crippen molar-refractivity contribution < 1.29 is 18.3 Å². The van der Waals surface area contributed by atoms with Crippen molar-refractivity contribution >= 4 is 17.6 Å². The van der Waals surface area contributed by atoms with E-state index in [2.05, 4.69) is 5.10 Å². The van der Waals surface area contributed by atoms with E-state index in [0.29, 0.717) is 22.5 Å². The van der Waals surface area contributed by atoms with Gasteiger partial charge >= 0.3 is 5.97 Å². The van der Waals surface area contributed by atoms with Crippen molar-refractivity contribution in [2.45, 2.75) is 33.2 Å². The molecule has 4 nitrogen and oxygen atoms in total. The molecule has 7 heteroatoms. The molecule has 1 aromatic heterocycles. The summed E-state index contributed by atoms with van der Waals surface area (Å²) in [6.07, 6.45) is -1.09. The van der Waals surface area contributed by atoms with E-state index in [0.717, 1.165) is 0 Å². The van der Waals surface area contributed by atoms with Crippen LogP contribution in [-0.2, 0) is 9.53 Å². The molecule has 0 fully saturated rings. The summed E-state index contributed by atoms with van der Waals surface area (Å²) in [5, 5.41) is 4.64. The molecule has 0 spiro atoms. The van der Waals surface area contributed by atoms with Gasteiger partial charge in [0.15, 0.2) is 0 Å². The van der Waals surface area contributed by atoms with Gasteiger partial charge in [-0.3, -0.25) is 4.68 Å². The maximum Gasteiger partial charge on any atom is 0.330 e. The van der Waals surface area contributed by atoms with Crippen LogP contribution in [0, 0.1) is 13.8 Å². The number of carbonyl (C=O) groups is 1. The third kappa shape index (κ3) is 4.02. The normalized spacial score (nSPS) is 12.1. The van der Waals surface area contributed by atoms with Crippen molar-refractivity contribution in [1.29, 1.82) is 0 Å². The lowest BCUT2D eigenvalue weighted by Crippen LogP contribution is -2.21. The first kappa shape index (κ1) is 15.6. The minimum atomic E-state index is -1.78. The molecule has 0 amide bonds. The quantitative estimate of drug-likeness (QED) is 0.617.